The second kappa shape index (κ2) is 8.47. The molecule has 3 N–H and O–H groups in total. The number of rotatable bonds is 6. The molecule has 6 heteroatoms. The van der Waals surface area contributed by atoms with E-state index in [4.69, 9.17) is 0 Å². The first kappa shape index (κ1) is 16.4. The average Bonchev–Trinajstić information content (AvgIpc) is 2.36. The van der Waals surface area contributed by atoms with Gasteiger partial charge in [-0.2, -0.15) is 0 Å². The molecule has 20 heavy (non-hydrogen) atoms. The summed E-state index contributed by atoms with van der Waals surface area (Å²) in [6.45, 7) is 4.68. The molecule has 0 unspecified atom stereocenters. The third-order valence-corrected chi connectivity index (χ3v) is 3.44. The summed E-state index contributed by atoms with van der Waals surface area (Å²) >= 11 is 1.26. The maximum atomic E-state index is 11.6. The Labute approximate surface area is 123 Å². The van der Waals surface area contributed by atoms with E-state index in [0.717, 1.165) is 11.3 Å². The summed E-state index contributed by atoms with van der Waals surface area (Å²) in [5, 5.41) is 14.2. The Morgan fingerprint density at radius 2 is 2.10 bits per heavy atom. The number of urea groups is 1. The summed E-state index contributed by atoms with van der Waals surface area (Å²) in [4.78, 5) is 23.7. The largest absolute Gasteiger partial charge is 0.508 e. The molecule has 1 rings (SSSR count). The van der Waals surface area contributed by atoms with Crippen LogP contribution in [0, 0.1) is 5.92 Å². The van der Waals surface area contributed by atoms with Crippen LogP contribution in [0.4, 0.5) is 4.79 Å². The molecule has 1 aromatic carbocycles. The summed E-state index contributed by atoms with van der Waals surface area (Å²) in [5.41, 5.74) is 0. The number of benzene rings is 1. The molecule has 0 fully saturated rings. The van der Waals surface area contributed by atoms with E-state index in [2.05, 4.69) is 24.5 Å². The van der Waals surface area contributed by atoms with E-state index < -0.39 is 6.03 Å². The van der Waals surface area contributed by atoms with Crippen LogP contribution in [-0.4, -0.2) is 29.3 Å². The maximum absolute atomic E-state index is 11.6. The molecule has 0 heterocycles. The summed E-state index contributed by atoms with van der Waals surface area (Å²) in [7, 11) is 0. The van der Waals surface area contributed by atoms with E-state index >= 15 is 0 Å². The second-order valence-corrected chi connectivity index (χ2v) is 5.82. The van der Waals surface area contributed by atoms with E-state index in [1.807, 2.05) is 0 Å². The number of nitrogens with one attached hydrogen (secondary N) is 2. The third-order valence-electron chi connectivity index (χ3n) is 2.45. The Kier molecular flexibility index (Phi) is 6.93. The van der Waals surface area contributed by atoms with Crippen LogP contribution in [0.15, 0.2) is 29.2 Å². The molecule has 0 saturated carbocycles. The summed E-state index contributed by atoms with van der Waals surface area (Å²) in [6, 6.07) is 6.16. The van der Waals surface area contributed by atoms with Gasteiger partial charge in [0.2, 0.25) is 5.91 Å². The van der Waals surface area contributed by atoms with Gasteiger partial charge in [-0.1, -0.05) is 19.9 Å². The Balaban J connectivity index is 2.24. The smallest absolute Gasteiger partial charge is 0.321 e. The molecular weight excluding hydrogens is 276 g/mol. The molecule has 0 radical (unpaired) electrons. The first-order chi connectivity index (χ1) is 9.47. The van der Waals surface area contributed by atoms with Gasteiger partial charge in [-0.15, -0.1) is 11.8 Å². The lowest BCUT2D eigenvalue weighted by molar-refractivity contribution is -0.117. The molecule has 110 valence electrons. The molecule has 0 bridgehead atoms. The summed E-state index contributed by atoms with van der Waals surface area (Å²) in [6.07, 6.45) is 0.875. The molecule has 0 saturated heterocycles. The standard InChI is InChI=1S/C14H20N2O3S/c1-10(2)6-7-15-14(19)16-13(18)9-20-12-5-3-4-11(17)8-12/h3-5,8,10,17H,6-7,9H2,1-2H3,(H2,15,16,18,19). The van der Waals surface area contributed by atoms with Crippen LogP contribution >= 0.6 is 11.8 Å². The molecule has 0 spiro atoms. The Bertz CT molecular complexity index is 463. The van der Waals surface area contributed by atoms with Crippen LogP contribution in [0.1, 0.15) is 20.3 Å². The predicted molar refractivity (Wildman–Crippen MR) is 79.8 cm³/mol. The Hall–Kier alpha value is -1.69. The zero-order valence-corrected chi connectivity index (χ0v) is 12.5. The van der Waals surface area contributed by atoms with E-state index in [0.29, 0.717) is 12.5 Å². The molecule has 0 atom stereocenters. The van der Waals surface area contributed by atoms with Gasteiger partial charge < -0.3 is 10.4 Å². The Morgan fingerprint density at radius 1 is 1.35 bits per heavy atom. The number of imide groups is 1. The summed E-state index contributed by atoms with van der Waals surface area (Å²) < 4.78 is 0. The fraction of sp³-hybridized carbons (Fsp3) is 0.429. The van der Waals surface area contributed by atoms with Crippen LogP contribution < -0.4 is 10.6 Å². The van der Waals surface area contributed by atoms with Crippen molar-refractivity contribution >= 4 is 23.7 Å². The van der Waals surface area contributed by atoms with Crippen molar-refractivity contribution in [3.63, 3.8) is 0 Å². The van der Waals surface area contributed by atoms with E-state index in [1.165, 1.54) is 11.8 Å². The van der Waals surface area contributed by atoms with Crippen molar-refractivity contribution in [1.82, 2.24) is 10.6 Å². The minimum atomic E-state index is -0.466. The molecule has 0 aliphatic heterocycles. The fourth-order valence-electron chi connectivity index (χ4n) is 1.40. The molecular formula is C14H20N2O3S. The predicted octanol–water partition coefficient (Wildman–Crippen LogP) is 2.36. The molecule has 0 aliphatic rings. The molecule has 0 aromatic heterocycles. The average molecular weight is 296 g/mol. The minimum Gasteiger partial charge on any atom is -0.508 e. The quantitative estimate of drug-likeness (QED) is 0.704. The van der Waals surface area contributed by atoms with Crippen LogP contribution in [0.2, 0.25) is 0 Å². The number of phenolic OH excluding ortho intramolecular Hbond substituents is 1. The van der Waals surface area contributed by atoms with Crippen molar-refractivity contribution in [2.75, 3.05) is 12.3 Å². The highest BCUT2D eigenvalue weighted by Gasteiger charge is 2.08. The van der Waals surface area contributed by atoms with Crippen molar-refractivity contribution in [2.24, 2.45) is 5.92 Å². The van der Waals surface area contributed by atoms with Gasteiger partial charge >= 0.3 is 6.03 Å². The van der Waals surface area contributed by atoms with Gasteiger partial charge in [0.1, 0.15) is 5.75 Å². The number of hydrogen-bond donors (Lipinski definition) is 3. The highest BCUT2D eigenvalue weighted by atomic mass is 32.2. The number of thioether (sulfide) groups is 1. The number of carbonyl (C=O) groups is 2. The number of amides is 3. The van der Waals surface area contributed by atoms with E-state index in [-0.39, 0.29) is 17.4 Å². The number of aromatic hydroxyl groups is 1. The zero-order valence-electron chi connectivity index (χ0n) is 11.7. The monoisotopic (exact) mass is 296 g/mol. The lowest BCUT2D eigenvalue weighted by Crippen LogP contribution is -2.40. The van der Waals surface area contributed by atoms with Crippen molar-refractivity contribution in [1.29, 1.82) is 0 Å². The normalized spacial score (nSPS) is 10.3. The lowest BCUT2D eigenvalue weighted by Gasteiger charge is -2.08. The highest BCUT2D eigenvalue weighted by Crippen LogP contribution is 2.21. The number of hydrogen-bond acceptors (Lipinski definition) is 4. The molecule has 5 nitrogen and oxygen atoms in total. The van der Waals surface area contributed by atoms with Crippen LogP contribution in [0.3, 0.4) is 0 Å². The number of carbonyl (C=O) groups excluding carboxylic acids is 2. The second-order valence-electron chi connectivity index (χ2n) is 4.77. The van der Waals surface area contributed by atoms with Gasteiger partial charge in [-0.05, 0) is 30.5 Å². The van der Waals surface area contributed by atoms with Gasteiger partial charge in [-0.25, -0.2) is 4.79 Å². The van der Waals surface area contributed by atoms with Crippen molar-refractivity contribution in [2.45, 2.75) is 25.2 Å². The van der Waals surface area contributed by atoms with E-state index in [1.54, 1.807) is 24.3 Å². The van der Waals surface area contributed by atoms with Crippen molar-refractivity contribution in [3.8, 4) is 5.75 Å². The first-order valence-corrected chi connectivity index (χ1v) is 7.45. The number of phenols is 1. The van der Waals surface area contributed by atoms with Gasteiger partial charge in [0.05, 0.1) is 5.75 Å². The van der Waals surface area contributed by atoms with Gasteiger partial charge in [-0.3, -0.25) is 10.1 Å². The third kappa shape index (κ3) is 7.04. The lowest BCUT2D eigenvalue weighted by atomic mass is 10.1. The fourth-order valence-corrected chi connectivity index (χ4v) is 2.15. The minimum absolute atomic E-state index is 0.126. The van der Waals surface area contributed by atoms with Crippen molar-refractivity contribution < 1.29 is 14.7 Å². The van der Waals surface area contributed by atoms with Gasteiger partial charge in [0.25, 0.3) is 0 Å². The molecule has 1 aromatic rings. The first-order valence-electron chi connectivity index (χ1n) is 6.47. The van der Waals surface area contributed by atoms with E-state index in [9.17, 15) is 14.7 Å². The summed E-state index contributed by atoms with van der Waals surface area (Å²) in [5.74, 6) is 0.427. The van der Waals surface area contributed by atoms with Crippen molar-refractivity contribution in [3.05, 3.63) is 24.3 Å². The Morgan fingerprint density at radius 3 is 2.75 bits per heavy atom. The maximum Gasteiger partial charge on any atom is 0.321 e. The van der Waals surface area contributed by atoms with Crippen LogP contribution in [0.5, 0.6) is 5.75 Å². The zero-order chi connectivity index (χ0) is 15.0. The SMILES string of the molecule is CC(C)CCNC(=O)NC(=O)CSc1cccc(O)c1. The van der Waals surface area contributed by atoms with Gasteiger partial charge in [0.15, 0.2) is 0 Å². The van der Waals surface area contributed by atoms with Gasteiger partial charge in [0, 0.05) is 11.4 Å². The molecule has 0 aliphatic carbocycles. The molecule has 3 amide bonds. The highest BCUT2D eigenvalue weighted by molar-refractivity contribution is 8.00. The van der Waals surface area contributed by atoms with Crippen LogP contribution in [0.25, 0.3) is 0 Å². The topological polar surface area (TPSA) is 78.4 Å². The van der Waals surface area contributed by atoms with Crippen LogP contribution in [-0.2, 0) is 4.79 Å².